The summed E-state index contributed by atoms with van der Waals surface area (Å²) in [5.74, 6) is -0.374. The standard InChI is InChI=1S/C18H29F2N/c1-4-8-14(9-5-2)18(21-12-6-3)13-15-16(19)10-7-11-17(15)20/h7,10-11,14,18,21H,4-6,8-9,12-13H2,1-3H3. The van der Waals surface area contributed by atoms with Crippen LogP contribution in [-0.4, -0.2) is 12.6 Å². The van der Waals surface area contributed by atoms with Gasteiger partial charge in [0.25, 0.3) is 0 Å². The molecule has 21 heavy (non-hydrogen) atoms. The van der Waals surface area contributed by atoms with Gasteiger partial charge in [0, 0.05) is 11.6 Å². The van der Waals surface area contributed by atoms with Crippen LogP contribution in [0.4, 0.5) is 8.78 Å². The molecule has 0 fully saturated rings. The van der Waals surface area contributed by atoms with Crippen LogP contribution in [0.1, 0.15) is 58.4 Å². The molecule has 1 rings (SSSR count). The zero-order valence-corrected chi connectivity index (χ0v) is 13.6. The highest BCUT2D eigenvalue weighted by atomic mass is 19.1. The highest BCUT2D eigenvalue weighted by Gasteiger charge is 2.22. The molecule has 1 aromatic carbocycles. The van der Waals surface area contributed by atoms with Crippen molar-refractivity contribution in [3.05, 3.63) is 35.4 Å². The molecule has 0 radical (unpaired) electrons. The zero-order valence-electron chi connectivity index (χ0n) is 13.6. The number of rotatable bonds is 10. The van der Waals surface area contributed by atoms with Crippen molar-refractivity contribution in [2.24, 2.45) is 5.92 Å². The van der Waals surface area contributed by atoms with Gasteiger partial charge in [0.1, 0.15) is 11.6 Å². The molecule has 0 aliphatic rings. The second-order valence-electron chi connectivity index (χ2n) is 5.80. The molecule has 1 unspecified atom stereocenters. The third-order valence-electron chi connectivity index (χ3n) is 4.03. The molecule has 0 amide bonds. The van der Waals surface area contributed by atoms with E-state index in [0.717, 1.165) is 38.6 Å². The van der Waals surface area contributed by atoms with Gasteiger partial charge in [-0.2, -0.15) is 0 Å². The van der Waals surface area contributed by atoms with Gasteiger partial charge >= 0.3 is 0 Å². The van der Waals surface area contributed by atoms with E-state index >= 15 is 0 Å². The van der Waals surface area contributed by atoms with Crippen molar-refractivity contribution in [1.29, 1.82) is 0 Å². The molecule has 120 valence electrons. The van der Waals surface area contributed by atoms with Crippen LogP contribution in [0.3, 0.4) is 0 Å². The Balaban J connectivity index is 2.90. The summed E-state index contributed by atoms with van der Waals surface area (Å²) >= 11 is 0. The molecule has 0 aliphatic heterocycles. The Morgan fingerprint density at radius 1 is 0.952 bits per heavy atom. The quantitative estimate of drug-likeness (QED) is 0.634. The predicted octanol–water partition coefficient (Wildman–Crippen LogP) is 5.09. The molecule has 1 nitrogen and oxygen atoms in total. The number of hydrogen-bond donors (Lipinski definition) is 1. The fraction of sp³-hybridized carbons (Fsp3) is 0.667. The van der Waals surface area contributed by atoms with Crippen LogP contribution >= 0.6 is 0 Å². The minimum atomic E-state index is -0.426. The highest BCUT2D eigenvalue weighted by Crippen LogP contribution is 2.23. The van der Waals surface area contributed by atoms with Crippen molar-refractivity contribution in [3.8, 4) is 0 Å². The van der Waals surface area contributed by atoms with Gasteiger partial charge in [-0.3, -0.25) is 0 Å². The lowest BCUT2D eigenvalue weighted by atomic mass is 9.86. The first kappa shape index (κ1) is 18.1. The molecule has 0 aromatic heterocycles. The minimum absolute atomic E-state index is 0.149. The summed E-state index contributed by atoms with van der Waals surface area (Å²) in [7, 11) is 0. The molecular weight excluding hydrogens is 268 g/mol. The monoisotopic (exact) mass is 297 g/mol. The van der Waals surface area contributed by atoms with Crippen LogP contribution in [0.15, 0.2) is 18.2 Å². The van der Waals surface area contributed by atoms with Gasteiger partial charge < -0.3 is 5.32 Å². The van der Waals surface area contributed by atoms with Crippen molar-refractivity contribution in [2.45, 2.75) is 65.3 Å². The Morgan fingerprint density at radius 2 is 1.52 bits per heavy atom. The van der Waals surface area contributed by atoms with Crippen molar-refractivity contribution in [2.75, 3.05) is 6.54 Å². The SMILES string of the molecule is CCCNC(Cc1c(F)cccc1F)C(CCC)CCC. The smallest absolute Gasteiger partial charge is 0.129 e. The van der Waals surface area contributed by atoms with E-state index in [4.69, 9.17) is 0 Å². The molecular formula is C18H29F2N. The van der Waals surface area contributed by atoms with E-state index in [0.29, 0.717) is 12.3 Å². The fourth-order valence-electron chi connectivity index (χ4n) is 2.97. The maximum absolute atomic E-state index is 13.9. The first-order chi connectivity index (χ1) is 10.1. The third kappa shape index (κ3) is 5.74. The largest absolute Gasteiger partial charge is 0.313 e. The molecule has 0 saturated carbocycles. The van der Waals surface area contributed by atoms with Crippen LogP contribution in [-0.2, 0) is 6.42 Å². The van der Waals surface area contributed by atoms with Gasteiger partial charge in [-0.1, -0.05) is 39.7 Å². The maximum atomic E-state index is 13.9. The van der Waals surface area contributed by atoms with E-state index in [-0.39, 0.29) is 11.6 Å². The van der Waals surface area contributed by atoms with Crippen LogP contribution in [0, 0.1) is 17.6 Å². The van der Waals surface area contributed by atoms with Crippen LogP contribution in [0.5, 0.6) is 0 Å². The summed E-state index contributed by atoms with van der Waals surface area (Å²) in [6.45, 7) is 7.35. The van der Waals surface area contributed by atoms with E-state index in [2.05, 4.69) is 26.1 Å². The molecule has 0 heterocycles. The van der Waals surface area contributed by atoms with Gasteiger partial charge in [0.15, 0.2) is 0 Å². The Bertz CT molecular complexity index is 380. The molecule has 3 heteroatoms. The predicted molar refractivity (Wildman–Crippen MR) is 85.4 cm³/mol. The lowest BCUT2D eigenvalue weighted by molar-refractivity contribution is 0.304. The Kier molecular flexibility index (Phi) is 8.51. The van der Waals surface area contributed by atoms with Crippen molar-refractivity contribution in [3.63, 3.8) is 0 Å². The number of nitrogens with one attached hydrogen (secondary N) is 1. The maximum Gasteiger partial charge on any atom is 0.129 e. The first-order valence-electron chi connectivity index (χ1n) is 8.30. The fourth-order valence-corrected chi connectivity index (χ4v) is 2.97. The Morgan fingerprint density at radius 3 is 2.00 bits per heavy atom. The van der Waals surface area contributed by atoms with Crippen molar-refractivity contribution in [1.82, 2.24) is 5.32 Å². The molecule has 0 bridgehead atoms. The summed E-state index contributed by atoms with van der Waals surface area (Å²) in [5.41, 5.74) is 0.225. The van der Waals surface area contributed by atoms with Crippen LogP contribution in [0.2, 0.25) is 0 Å². The second-order valence-corrected chi connectivity index (χ2v) is 5.80. The van der Waals surface area contributed by atoms with E-state index < -0.39 is 11.6 Å². The highest BCUT2D eigenvalue weighted by molar-refractivity contribution is 5.21. The Hall–Kier alpha value is -0.960. The molecule has 0 aliphatic carbocycles. The molecule has 1 aromatic rings. The minimum Gasteiger partial charge on any atom is -0.313 e. The van der Waals surface area contributed by atoms with Gasteiger partial charge in [0.2, 0.25) is 0 Å². The van der Waals surface area contributed by atoms with Gasteiger partial charge in [0.05, 0.1) is 0 Å². The first-order valence-corrected chi connectivity index (χ1v) is 8.30. The van der Waals surface area contributed by atoms with Crippen molar-refractivity contribution < 1.29 is 8.78 Å². The van der Waals surface area contributed by atoms with E-state index in [1.165, 1.54) is 18.2 Å². The average molecular weight is 297 g/mol. The van der Waals surface area contributed by atoms with Crippen LogP contribution in [0.25, 0.3) is 0 Å². The summed E-state index contributed by atoms with van der Waals surface area (Å²) in [4.78, 5) is 0. The molecule has 0 saturated heterocycles. The molecule has 1 N–H and O–H groups in total. The zero-order chi connectivity index (χ0) is 15.7. The number of hydrogen-bond acceptors (Lipinski definition) is 1. The van der Waals surface area contributed by atoms with Crippen LogP contribution < -0.4 is 5.32 Å². The van der Waals surface area contributed by atoms with E-state index in [1.807, 2.05) is 0 Å². The molecule has 0 spiro atoms. The topological polar surface area (TPSA) is 12.0 Å². The normalized spacial score (nSPS) is 12.9. The lowest BCUT2D eigenvalue weighted by Crippen LogP contribution is -2.39. The number of benzene rings is 1. The van der Waals surface area contributed by atoms with Gasteiger partial charge in [-0.05, 0) is 50.3 Å². The summed E-state index contributed by atoms with van der Waals surface area (Å²) < 4.78 is 27.8. The summed E-state index contributed by atoms with van der Waals surface area (Å²) in [6, 6.07) is 4.28. The lowest BCUT2D eigenvalue weighted by Gasteiger charge is -2.28. The van der Waals surface area contributed by atoms with E-state index in [1.54, 1.807) is 0 Å². The molecule has 1 atom stereocenters. The number of halogens is 2. The second kappa shape index (κ2) is 9.88. The van der Waals surface area contributed by atoms with Gasteiger partial charge in [-0.25, -0.2) is 8.78 Å². The summed E-state index contributed by atoms with van der Waals surface area (Å²) in [6.07, 6.45) is 5.88. The third-order valence-corrected chi connectivity index (χ3v) is 4.03. The van der Waals surface area contributed by atoms with Gasteiger partial charge in [-0.15, -0.1) is 0 Å². The van der Waals surface area contributed by atoms with E-state index in [9.17, 15) is 8.78 Å². The summed E-state index contributed by atoms with van der Waals surface area (Å²) in [5, 5.41) is 3.51. The van der Waals surface area contributed by atoms with Crippen molar-refractivity contribution >= 4 is 0 Å². The average Bonchev–Trinajstić information content (AvgIpc) is 2.46. The Labute approximate surface area is 128 Å².